The highest BCUT2D eigenvalue weighted by Crippen LogP contribution is 2.21. The fourth-order valence-electron chi connectivity index (χ4n) is 3.64. The molecule has 7 nitrogen and oxygen atoms in total. The lowest BCUT2D eigenvalue weighted by molar-refractivity contribution is 0.499. The second kappa shape index (κ2) is 8.51. The van der Waals surface area contributed by atoms with Crippen LogP contribution in [0.1, 0.15) is 43.3 Å². The predicted molar refractivity (Wildman–Crippen MR) is 115 cm³/mol. The molecule has 0 bridgehead atoms. The molecule has 3 aromatic rings. The van der Waals surface area contributed by atoms with E-state index in [0.29, 0.717) is 18.6 Å². The Hall–Kier alpha value is -3.09. The average molecular weight is 392 g/mol. The highest BCUT2D eigenvalue weighted by molar-refractivity contribution is 5.80. The van der Waals surface area contributed by atoms with Gasteiger partial charge in [-0.25, -0.2) is 4.68 Å². The summed E-state index contributed by atoms with van der Waals surface area (Å²) >= 11 is 0. The number of aryl methyl sites for hydroxylation is 1. The van der Waals surface area contributed by atoms with Crippen molar-refractivity contribution in [3.8, 4) is 5.69 Å². The van der Waals surface area contributed by atoms with Crippen molar-refractivity contribution in [3.05, 3.63) is 65.7 Å². The number of hydrogen-bond donors (Lipinski definition) is 2. The van der Waals surface area contributed by atoms with Gasteiger partial charge in [0.15, 0.2) is 5.96 Å². The maximum atomic E-state index is 4.76. The van der Waals surface area contributed by atoms with Crippen LogP contribution in [0.25, 0.3) is 5.69 Å². The number of para-hydroxylation sites is 1. The minimum Gasteiger partial charge on any atom is -0.353 e. The van der Waals surface area contributed by atoms with E-state index in [1.54, 1.807) is 7.05 Å². The molecular weight excluding hydrogens is 362 g/mol. The van der Waals surface area contributed by atoms with E-state index in [2.05, 4.69) is 45.5 Å². The average Bonchev–Trinajstić information content (AvgIpc) is 3.38. The zero-order chi connectivity index (χ0) is 20.2. The SMILES string of the molecule is CN=C(NCc1ccn(-c2ccccc2)n1)NC1CCc2cn(C(C)C)nc2C1. The molecule has 2 N–H and O–H groups in total. The third-order valence-corrected chi connectivity index (χ3v) is 5.29. The van der Waals surface area contributed by atoms with Crippen LogP contribution in [-0.4, -0.2) is 38.6 Å². The van der Waals surface area contributed by atoms with Crippen molar-refractivity contribution in [2.24, 2.45) is 4.99 Å². The molecule has 1 unspecified atom stereocenters. The molecule has 0 radical (unpaired) electrons. The van der Waals surface area contributed by atoms with Gasteiger partial charge in [0, 0.05) is 37.9 Å². The summed E-state index contributed by atoms with van der Waals surface area (Å²) in [5, 5.41) is 16.3. The number of aromatic nitrogens is 4. The highest BCUT2D eigenvalue weighted by atomic mass is 15.3. The third kappa shape index (κ3) is 4.50. The number of rotatable bonds is 5. The Balaban J connectivity index is 1.33. The van der Waals surface area contributed by atoms with Gasteiger partial charge in [-0.05, 0) is 50.5 Å². The molecule has 4 rings (SSSR count). The number of benzene rings is 1. The Kier molecular flexibility index (Phi) is 5.64. The molecule has 0 saturated carbocycles. The largest absolute Gasteiger partial charge is 0.353 e. The van der Waals surface area contributed by atoms with E-state index in [0.717, 1.165) is 36.6 Å². The zero-order valence-corrected chi connectivity index (χ0v) is 17.3. The molecule has 2 heterocycles. The van der Waals surface area contributed by atoms with Gasteiger partial charge < -0.3 is 10.6 Å². The standard InChI is InChI=1S/C22H29N7/c1-16(2)29-15-17-9-10-18(13-21(17)27-29)25-22(23-3)24-14-19-11-12-28(26-19)20-7-5-4-6-8-20/h4-8,11-12,15-16,18H,9-10,13-14H2,1-3H3,(H2,23,24,25). The van der Waals surface area contributed by atoms with Gasteiger partial charge in [-0.2, -0.15) is 10.2 Å². The Morgan fingerprint density at radius 1 is 1.21 bits per heavy atom. The molecule has 29 heavy (non-hydrogen) atoms. The molecule has 0 saturated heterocycles. The Bertz CT molecular complexity index is 968. The Morgan fingerprint density at radius 2 is 2.03 bits per heavy atom. The molecular formula is C22H29N7. The van der Waals surface area contributed by atoms with Gasteiger partial charge in [-0.1, -0.05) is 18.2 Å². The number of nitrogens with zero attached hydrogens (tertiary/aromatic N) is 5. The molecule has 1 aliphatic carbocycles. The topological polar surface area (TPSA) is 72.1 Å². The van der Waals surface area contributed by atoms with E-state index >= 15 is 0 Å². The van der Waals surface area contributed by atoms with E-state index < -0.39 is 0 Å². The van der Waals surface area contributed by atoms with Crippen molar-refractivity contribution in [2.75, 3.05) is 7.05 Å². The lowest BCUT2D eigenvalue weighted by Gasteiger charge is -2.24. The summed E-state index contributed by atoms with van der Waals surface area (Å²) in [4.78, 5) is 4.39. The summed E-state index contributed by atoms with van der Waals surface area (Å²) in [5.41, 5.74) is 4.61. The zero-order valence-electron chi connectivity index (χ0n) is 17.3. The van der Waals surface area contributed by atoms with Crippen molar-refractivity contribution in [1.82, 2.24) is 30.2 Å². The lowest BCUT2D eigenvalue weighted by atomic mass is 9.94. The molecule has 0 fully saturated rings. The molecule has 1 atom stereocenters. The highest BCUT2D eigenvalue weighted by Gasteiger charge is 2.23. The minimum absolute atomic E-state index is 0.339. The Labute approximate surface area is 171 Å². The number of aliphatic imine (C=N–C) groups is 1. The summed E-state index contributed by atoms with van der Waals surface area (Å²) in [6, 6.07) is 12.9. The monoisotopic (exact) mass is 391 g/mol. The van der Waals surface area contributed by atoms with E-state index in [4.69, 9.17) is 5.10 Å². The van der Waals surface area contributed by atoms with Crippen molar-refractivity contribution in [1.29, 1.82) is 0 Å². The van der Waals surface area contributed by atoms with E-state index in [1.807, 2.05) is 47.3 Å². The maximum Gasteiger partial charge on any atom is 0.191 e. The van der Waals surface area contributed by atoms with Crippen LogP contribution in [0.4, 0.5) is 0 Å². The second-order valence-electron chi connectivity index (χ2n) is 7.77. The molecule has 1 aliphatic rings. The van der Waals surface area contributed by atoms with Gasteiger partial charge in [-0.15, -0.1) is 0 Å². The second-order valence-corrected chi connectivity index (χ2v) is 7.77. The van der Waals surface area contributed by atoms with Gasteiger partial charge in [0.2, 0.25) is 0 Å². The Morgan fingerprint density at radius 3 is 2.79 bits per heavy atom. The first kappa shape index (κ1) is 19.2. The smallest absolute Gasteiger partial charge is 0.191 e. The van der Waals surface area contributed by atoms with Crippen LogP contribution in [0.2, 0.25) is 0 Å². The number of fused-ring (bicyclic) bond motifs is 1. The summed E-state index contributed by atoms with van der Waals surface area (Å²) in [6.07, 6.45) is 7.25. The predicted octanol–water partition coefficient (Wildman–Crippen LogP) is 2.87. The van der Waals surface area contributed by atoms with Gasteiger partial charge in [-0.3, -0.25) is 9.67 Å². The van der Waals surface area contributed by atoms with E-state index in [1.165, 1.54) is 11.3 Å². The molecule has 0 aliphatic heterocycles. The number of guanidine groups is 1. The van der Waals surface area contributed by atoms with Crippen LogP contribution in [0.5, 0.6) is 0 Å². The molecule has 0 amide bonds. The summed E-state index contributed by atoms with van der Waals surface area (Å²) in [5.74, 6) is 0.802. The van der Waals surface area contributed by atoms with Crippen molar-refractivity contribution in [3.63, 3.8) is 0 Å². The van der Waals surface area contributed by atoms with Crippen LogP contribution >= 0.6 is 0 Å². The first-order valence-corrected chi connectivity index (χ1v) is 10.3. The quantitative estimate of drug-likeness (QED) is 0.518. The number of hydrogen-bond acceptors (Lipinski definition) is 3. The molecule has 0 spiro atoms. The number of nitrogens with one attached hydrogen (secondary N) is 2. The third-order valence-electron chi connectivity index (χ3n) is 5.29. The van der Waals surface area contributed by atoms with Crippen LogP contribution in [0, 0.1) is 0 Å². The first-order chi connectivity index (χ1) is 14.1. The van der Waals surface area contributed by atoms with E-state index in [-0.39, 0.29) is 0 Å². The molecule has 152 valence electrons. The fraction of sp³-hybridized carbons (Fsp3) is 0.409. The van der Waals surface area contributed by atoms with Crippen LogP contribution in [-0.2, 0) is 19.4 Å². The fourth-order valence-corrected chi connectivity index (χ4v) is 3.64. The van der Waals surface area contributed by atoms with Crippen molar-refractivity contribution < 1.29 is 0 Å². The van der Waals surface area contributed by atoms with Gasteiger partial charge in [0.1, 0.15) is 0 Å². The summed E-state index contributed by atoms with van der Waals surface area (Å²) in [7, 11) is 1.81. The molecule has 1 aromatic carbocycles. The van der Waals surface area contributed by atoms with Crippen molar-refractivity contribution >= 4 is 5.96 Å². The van der Waals surface area contributed by atoms with Gasteiger partial charge in [0.25, 0.3) is 0 Å². The summed E-state index contributed by atoms with van der Waals surface area (Å²) in [6.45, 7) is 4.96. The van der Waals surface area contributed by atoms with Gasteiger partial charge >= 0.3 is 0 Å². The molecule has 7 heteroatoms. The van der Waals surface area contributed by atoms with E-state index in [9.17, 15) is 0 Å². The maximum absolute atomic E-state index is 4.76. The van der Waals surface area contributed by atoms with Crippen LogP contribution in [0.15, 0.2) is 53.8 Å². The molecule has 2 aromatic heterocycles. The summed E-state index contributed by atoms with van der Waals surface area (Å²) < 4.78 is 3.96. The lowest BCUT2D eigenvalue weighted by Crippen LogP contribution is -2.45. The van der Waals surface area contributed by atoms with Crippen LogP contribution < -0.4 is 10.6 Å². The normalized spacial score (nSPS) is 16.7. The first-order valence-electron chi connectivity index (χ1n) is 10.3. The van der Waals surface area contributed by atoms with Crippen LogP contribution in [0.3, 0.4) is 0 Å². The minimum atomic E-state index is 0.339. The van der Waals surface area contributed by atoms with Crippen molar-refractivity contribution in [2.45, 2.75) is 51.7 Å². The van der Waals surface area contributed by atoms with Gasteiger partial charge in [0.05, 0.1) is 23.6 Å².